The van der Waals surface area contributed by atoms with Crippen LogP contribution >= 0.6 is 23.1 Å². The van der Waals surface area contributed by atoms with Crippen molar-refractivity contribution in [2.24, 2.45) is 0 Å². The van der Waals surface area contributed by atoms with Gasteiger partial charge >= 0.3 is 0 Å². The second-order valence-corrected chi connectivity index (χ2v) is 8.36. The van der Waals surface area contributed by atoms with Gasteiger partial charge in [-0.15, -0.1) is 11.3 Å². The maximum Gasteiger partial charge on any atom is 0.269 e. The molecule has 0 aliphatic heterocycles. The summed E-state index contributed by atoms with van der Waals surface area (Å²) in [4.78, 5) is 35.3. The summed E-state index contributed by atoms with van der Waals surface area (Å²) in [6, 6.07) is 7.13. The fraction of sp³-hybridized carbons (Fsp3) is 0.263. The molecule has 3 rings (SSSR count). The van der Waals surface area contributed by atoms with Crippen molar-refractivity contribution in [3.05, 3.63) is 51.7 Å². The van der Waals surface area contributed by atoms with Crippen molar-refractivity contribution in [2.45, 2.75) is 32.7 Å². The Labute approximate surface area is 165 Å². The minimum Gasteiger partial charge on any atom is -0.272 e. The second kappa shape index (κ2) is 8.06. The van der Waals surface area contributed by atoms with Gasteiger partial charge in [-0.2, -0.15) is 0 Å². The Balaban J connectivity index is 1.62. The molecule has 0 atom stereocenters. The highest BCUT2D eigenvalue weighted by Gasteiger charge is 2.15. The van der Waals surface area contributed by atoms with Crippen molar-refractivity contribution in [3.8, 4) is 0 Å². The zero-order valence-electron chi connectivity index (χ0n) is 15.5. The van der Waals surface area contributed by atoms with Crippen molar-refractivity contribution < 1.29 is 9.59 Å². The van der Waals surface area contributed by atoms with Gasteiger partial charge in [0.05, 0.1) is 5.75 Å². The lowest BCUT2D eigenvalue weighted by Crippen LogP contribution is -2.42. The molecule has 2 aromatic heterocycles. The maximum atomic E-state index is 12.1. The number of aryl methyl sites for hydroxylation is 4. The minimum absolute atomic E-state index is 0.147. The van der Waals surface area contributed by atoms with E-state index >= 15 is 0 Å². The highest BCUT2D eigenvalue weighted by Crippen LogP contribution is 2.34. The number of thioether (sulfide) groups is 1. The van der Waals surface area contributed by atoms with Gasteiger partial charge in [0.15, 0.2) is 0 Å². The van der Waals surface area contributed by atoms with Crippen LogP contribution in [-0.4, -0.2) is 27.5 Å². The molecule has 2 N–H and O–H groups in total. The minimum atomic E-state index is -0.349. The van der Waals surface area contributed by atoms with E-state index in [9.17, 15) is 9.59 Å². The van der Waals surface area contributed by atoms with Crippen LogP contribution in [0.5, 0.6) is 0 Å². The molecule has 0 saturated carbocycles. The van der Waals surface area contributed by atoms with Crippen LogP contribution in [0.3, 0.4) is 0 Å². The Morgan fingerprint density at radius 1 is 1.04 bits per heavy atom. The molecule has 0 spiro atoms. The van der Waals surface area contributed by atoms with E-state index in [0.29, 0.717) is 11.4 Å². The molecule has 0 aliphatic rings. The summed E-state index contributed by atoms with van der Waals surface area (Å²) in [5, 5.41) is 1.80. The molecule has 2 heterocycles. The Bertz CT molecular complexity index is 1010. The molecule has 0 fully saturated rings. The predicted octanol–water partition coefficient (Wildman–Crippen LogP) is 3.48. The van der Waals surface area contributed by atoms with Gasteiger partial charge < -0.3 is 0 Å². The summed E-state index contributed by atoms with van der Waals surface area (Å²) < 4.78 is 0. The molecule has 3 aromatic rings. The summed E-state index contributed by atoms with van der Waals surface area (Å²) in [5.41, 5.74) is 7.59. The largest absolute Gasteiger partial charge is 0.272 e. The van der Waals surface area contributed by atoms with Crippen molar-refractivity contribution in [3.63, 3.8) is 0 Å². The van der Waals surface area contributed by atoms with Crippen LogP contribution in [0.15, 0.2) is 29.3 Å². The third kappa shape index (κ3) is 4.45. The zero-order valence-corrected chi connectivity index (χ0v) is 17.2. The van der Waals surface area contributed by atoms with Gasteiger partial charge in [0.1, 0.15) is 15.7 Å². The first-order valence-electron chi connectivity index (χ1n) is 8.38. The van der Waals surface area contributed by atoms with Crippen molar-refractivity contribution in [1.82, 2.24) is 20.8 Å². The number of fused-ring (bicyclic) bond motifs is 1. The van der Waals surface area contributed by atoms with E-state index in [1.807, 2.05) is 32.9 Å². The summed E-state index contributed by atoms with van der Waals surface area (Å²) in [6.45, 7) is 7.89. The first kappa shape index (κ1) is 19.3. The van der Waals surface area contributed by atoms with E-state index in [4.69, 9.17) is 0 Å². The molecule has 0 unspecified atom stereocenters. The smallest absolute Gasteiger partial charge is 0.269 e. The zero-order chi connectivity index (χ0) is 19.6. The van der Waals surface area contributed by atoms with Gasteiger partial charge in [-0.1, -0.05) is 29.5 Å². The van der Waals surface area contributed by atoms with Crippen LogP contribution in [0, 0.1) is 27.7 Å². The number of rotatable bonds is 4. The Morgan fingerprint density at radius 2 is 1.74 bits per heavy atom. The van der Waals surface area contributed by atoms with Gasteiger partial charge in [-0.3, -0.25) is 20.4 Å². The molecule has 8 heteroatoms. The Hall–Kier alpha value is -2.45. The van der Waals surface area contributed by atoms with Crippen LogP contribution < -0.4 is 10.9 Å². The molecule has 0 saturated heterocycles. The van der Waals surface area contributed by atoms with Gasteiger partial charge in [-0.05, 0) is 45.4 Å². The van der Waals surface area contributed by atoms with E-state index in [-0.39, 0.29) is 17.6 Å². The molecule has 0 bridgehead atoms. The van der Waals surface area contributed by atoms with Crippen LogP contribution in [0.4, 0.5) is 0 Å². The van der Waals surface area contributed by atoms with Crippen LogP contribution in [-0.2, 0) is 4.79 Å². The topological polar surface area (TPSA) is 84.0 Å². The molecule has 0 aliphatic carbocycles. The Morgan fingerprint density at radius 3 is 2.44 bits per heavy atom. The number of nitrogens with one attached hydrogen (secondary N) is 2. The number of amides is 2. The first-order chi connectivity index (χ1) is 12.8. The SMILES string of the molecule is Cc1ccc(C(=O)NNC(=O)CSc2nc(C)nc3sc(C)c(C)c23)cc1. The van der Waals surface area contributed by atoms with Crippen molar-refractivity contribution in [1.29, 1.82) is 0 Å². The Kier molecular flexibility index (Phi) is 5.76. The monoisotopic (exact) mass is 400 g/mol. The number of aromatic nitrogens is 2. The second-order valence-electron chi connectivity index (χ2n) is 6.20. The molecule has 140 valence electrons. The number of hydrogen-bond acceptors (Lipinski definition) is 6. The number of thiophene rings is 1. The van der Waals surface area contributed by atoms with Gasteiger partial charge in [0.2, 0.25) is 5.91 Å². The quantitative estimate of drug-likeness (QED) is 0.398. The predicted molar refractivity (Wildman–Crippen MR) is 109 cm³/mol. The van der Waals surface area contributed by atoms with Crippen LogP contribution in [0.25, 0.3) is 10.2 Å². The lowest BCUT2D eigenvalue weighted by molar-refractivity contribution is -0.119. The van der Waals surface area contributed by atoms with E-state index in [2.05, 4.69) is 27.7 Å². The van der Waals surface area contributed by atoms with Gasteiger partial charge in [0, 0.05) is 15.8 Å². The highest BCUT2D eigenvalue weighted by molar-refractivity contribution is 8.00. The molecule has 6 nitrogen and oxygen atoms in total. The first-order valence-corrected chi connectivity index (χ1v) is 10.2. The molecule has 2 amide bonds. The highest BCUT2D eigenvalue weighted by atomic mass is 32.2. The number of benzene rings is 1. The fourth-order valence-corrected chi connectivity index (χ4v) is 4.56. The number of carbonyl (C=O) groups excluding carboxylic acids is 2. The average molecular weight is 401 g/mol. The summed E-state index contributed by atoms with van der Waals surface area (Å²) >= 11 is 2.97. The summed E-state index contributed by atoms with van der Waals surface area (Å²) in [7, 11) is 0. The molecule has 27 heavy (non-hydrogen) atoms. The van der Waals surface area contributed by atoms with E-state index in [0.717, 1.165) is 26.4 Å². The molecular weight excluding hydrogens is 380 g/mol. The number of hydrogen-bond donors (Lipinski definition) is 2. The summed E-state index contributed by atoms with van der Waals surface area (Å²) in [6.07, 6.45) is 0. The normalized spacial score (nSPS) is 10.8. The van der Waals surface area contributed by atoms with Crippen molar-refractivity contribution in [2.75, 3.05) is 5.75 Å². The van der Waals surface area contributed by atoms with Gasteiger partial charge in [0.25, 0.3) is 5.91 Å². The fourth-order valence-electron chi connectivity index (χ4n) is 2.49. The van der Waals surface area contributed by atoms with Crippen molar-refractivity contribution >= 4 is 45.1 Å². The molecule has 1 aromatic carbocycles. The standard InChI is InChI=1S/C19H20N4O2S2/c1-10-5-7-14(8-6-10)17(25)23-22-15(24)9-26-18-16-11(2)12(3)27-19(16)21-13(4)20-18/h5-8H,9H2,1-4H3,(H,22,24)(H,23,25). The van der Waals surface area contributed by atoms with E-state index < -0.39 is 0 Å². The third-order valence-electron chi connectivity index (χ3n) is 4.08. The van der Waals surface area contributed by atoms with Gasteiger partial charge in [-0.25, -0.2) is 9.97 Å². The number of carbonyl (C=O) groups is 2. The van der Waals surface area contributed by atoms with E-state index in [1.165, 1.54) is 16.6 Å². The lowest BCUT2D eigenvalue weighted by atomic mass is 10.1. The number of hydrazine groups is 1. The third-order valence-corrected chi connectivity index (χ3v) is 6.15. The van der Waals surface area contributed by atoms with E-state index in [1.54, 1.807) is 23.5 Å². The average Bonchev–Trinajstić information content (AvgIpc) is 2.92. The molecular formula is C19H20N4O2S2. The molecule has 0 radical (unpaired) electrons. The van der Waals surface area contributed by atoms with Crippen LogP contribution in [0.1, 0.15) is 32.2 Å². The maximum absolute atomic E-state index is 12.1. The van der Waals surface area contributed by atoms with Crippen LogP contribution in [0.2, 0.25) is 0 Å². The number of nitrogens with zero attached hydrogens (tertiary/aromatic N) is 2. The summed E-state index contributed by atoms with van der Waals surface area (Å²) in [5.74, 6) is 0.181. The lowest BCUT2D eigenvalue weighted by Gasteiger charge is -2.08.